The van der Waals surface area contributed by atoms with Crippen molar-refractivity contribution in [3.63, 3.8) is 0 Å². The van der Waals surface area contributed by atoms with Gasteiger partial charge in [-0.15, -0.1) is 0 Å². The van der Waals surface area contributed by atoms with E-state index in [-0.39, 0.29) is 5.97 Å². The second kappa shape index (κ2) is 6.09. The first-order valence-corrected chi connectivity index (χ1v) is 4.97. The Kier molecular flexibility index (Phi) is 4.75. The van der Waals surface area contributed by atoms with Gasteiger partial charge in [-0.05, 0) is 12.8 Å². The molecule has 0 spiro atoms. The van der Waals surface area contributed by atoms with Gasteiger partial charge in [0.1, 0.15) is 12.2 Å². The summed E-state index contributed by atoms with van der Waals surface area (Å²) in [5, 5.41) is 0. The van der Waals surface area contributed by atoms with Crippen LogP contribution in [0, 0.1) is 5.92 Å². The fraction of sp³-hybridized carbons (Fsp3) is 0.700. The van der Waals surface area contributed by atoms with E-state index in [1.807, 2.05) is 0 Å². The average molecular weight is 230 g/mol. The lowest BCUT2D eigenvalue weighted by Gasteiger charge is -2.31. The highest BCUT2D eigenvalue weighted by atomic mass is 16.5. The first kappa shape index (κ1) is 12.5. The van der Waals surface area contributed by atoms with Crippen molar-refractivity contribution in [3.05, 3.63) is 0 Å². The fourth-order valence-corrected chi connectivity index (χ4v) is 1.96. The minimum atomic E-state index is -0.403. The van der Waals surface area contributed by atoms with Crippen molar-refractivity contribution in [2.45, 2.75) is 31.5 Å². The summed E-state index contributed by atoms with van der Waals surface area (Å²) in [7, 11) is 1.29. The van der Waals surface area contributed by atoms with Gasteiger partial charge >= 0.3 is 5.97 Å². The maximum Gasteiger partial charge on any atom is 0.308 e. The van der Waals surface area contributed by atoms with Gasteiger partial charge < -0.3 is 14.2 Å². The molecule has 0 bridgehead atoms. The number of methoxy groups -OCH3 is 1. The standard InChI is InChI=1S/C10H14O6/c1-14-10(13)7-2-8(15-5-11)4-9(3-7)16-6-12/h5-9H,2-4H2,1H3. The summed E-state index contributed by atoms with van der Waals surface area (Å²) in [5.41, 5.74) is 0. The average Bonchev–Trinajstić information content (AvgIpc) is 2.28. The number of ether oxygens (including phenoxy) is 3. The van der Waals surface area contributed by atoms with Crippen LogP contribution in [0.3, 0.4) is 0 Å². The highest BCUT2D eigenvalue weighted by molar-refractivity contribution is 5.72. The monoisotopic (exact) mass is 230 g/mol. The molecule has 0 aromatic rings. The molecule has 6 heteroatoms. The van der Waals surface area contributed by atoms with Crippen LogP contribution in [0.15, 0.2) is 0 Å². The van der Waals surface area contributed by atoms with Gasteiger partial charge in [0.2, 0.25) is 0 Å². The Bertz CT molecular complexity index is 246. The van der Waals surface area contributed by atoms with Crippen molar-refractivity contribution in [1.82, 2.24) is 0 Å². The second-order valence-corrected chi connectivity index (χ2v) is 3.64. The number of hydrogen-bond acceptors (Lipinski definition) is 6. The Hall–Kier alpha value is -1.59. The van der Waals surface area contributed by atoms with Gasteiger partial charge in [0, 0.05) is 6.42 Å². The van der Waals surface area contributed by atoms with Crippen molar-refractivity contribution in [3.8, 4) is 0 Å². The molecule has 2 unspecified atom stereocenters. The van der Waals surface area contributed by atoms with Crippen LogP contribution in [0.25, 0.3) is 0 Å². The minimum Gasteiger partial charge on any atom is -0.469 e. The summed E-state index contributed by atoms with van der Waals surface area (Å²) in [6.45, 7) is 0.671. The van der Waals surface area contributed by atoms with Crippen LogP contribution < -0.4 is 0 Å². The van der Waals surface area contributed by atoms with Crippen LogP contribution in [-0.4, -0.2) is 38.2 Å². The van der Waals surface area contributed by atoms with Gasteiger partial charge in [-0.25, -0.2) is 0 Å². The second-order valence-electron chi connectivity index (χ2n) is 3.64. The highest BCUT2D eigenvalue weighted by Crippen LogP contribution is 2.28. The molecule has 0 N–H and O–H groups in total. The molecular formula is C10H14O6. The Labute approximate surface area is 92.8 Å². The number of hydrogen-bond donors (Lipinski definition) is 0. The van der Waals surface area contributed by atoms with Gasteiger partial charge in [0.25, 0.3) is 12.9 Å². The van der Waals surface area contributed by atoms with Crippen molar-refractivity contribution < 1.29 is 28.6 Å². The molecule has 1 aliphatic carbocycles. The van der Waals surface area contributed by atoms with E-state index in [1.165, 1.54) is 7.11 Å². The molecule has 1 saturated carbocycles. The lowest BCUT2D eigenvalue weighted by atomic mass is 9.85. The fourth-order valence-electron chi connectivity index (χ4n) is 1.96. The Morgan fingerprint density at radius 2 is 1.56 bits per heavy atom. The van der Waals surface area contributed by atoms with E-state index in [9.17, 15) is 14.4 Å². The molecule has 16 heavy (non-hydrogen) atoms. The summed E-state index contributed by atoms with van der Waals surface area (Å²) in [4.78, 5) is 31.8. The molecule has 0 aliphatic heterocycles. The van der Waals surface area contributed by atoms with Crippen molar-refractivity contribution >= 4 is 18.9 Å². The summed E-state index contributed by atoms with van der Waals surface area (Å²) in [6, 6.07) is 0. The van der Waals surface area contributed by atoms with Crippen LogP contribution >= 0.6 is 0 Å². The Morgan fingerprint density at radius 3 is 1.94 bits per heavy atom. The molecule has 1 rings (SSSR count). The third-order valence-corrected chi connectivity index (χ3v) is 2.65. The van der Waals surface area contributed by atoms with Crippen molar-refractivity contribution in [2.24, 2.45) is 5.92 Å². The third-order valence-electron chi connectivity index (χ3n) is 2.65. The maximum atomic E-state index is 11.4. The van der Waals surface area contributed by atoms with Crippen molar-refractivity contribution in [1.29, 1.82) is 0 Å². The summed E-state index contributed by atoms with van der Waals surface area (Å²) >= 11 is 0. The van der Waals surface area contributed by atoms with Crippen LogP contribution in [0.5, 0.6) is 0 Å². The molecule has 2 atom stereocenters. The van der Waals surface area contributed by atoms with Gasteiger partial charge in [0.05, 0.1) is 13.0 Å². The first-order chi connectivity index (χ1) is 7.71. The normalized spacial score (nSPS) is 28.9. The van der Waals surface area contributed by atoms with Crippen LogP contribution in [0.4, 0.5) is 0 Å². The molecule has 1 aliphatic rings. The van der Waals surface area contributed by atoms with Crippen molar-refractivity contribution in [2.75, 3.05) is 7.11 Å². The summed E-state index contributed by atoms with van der Waals surface area (Å²) in [6.07, 6.45) is 0.430. The predicted molar refractivity (Wildman–Crippen MR) is 51.2 cm³/mol. The molecule has 0 heterocycles. The zero-order valence-electron chi connectivity index (χ0n) is 8.96. The zero-order valence-corrected chi connectivity index (χ0v) is 8.96. The highest BCUT2D eigenvalue weighted by Gasteiger charge is 2.35. The van der Waals surface area contributed by atoms with Gasteiger partial charge in [-0.1, -0.05) is 0 Å². The minimum absolute atomic E-state index is 0.336. The van der Waals surface area contributed by atoms with Gasteiger partial charge in [-0.2, -0.15) is 0 Å². The van der Waals surface area contributed by atoms with Crippen LogP contribution in [-0.2, 0) is 28.6 Å². The SMILES string of the molecule is COC(=O)C1CC(OC=O)CC(OC=O)C1. The van der Waals surface area contributed by atoms with E-state index in [0.29, 0.717) is 32.2 Å². The topological polar surface area (TPSA) is 78.9 Å². The molecule has 90 valence electrons. The lowest BCUT2D eigenvalue weighted by Crippen LogP contribution is -2.36. The Morgan fingerprint density at radius 1 is 1.06 bits per heavy atom. The maximum absolute atomic E-state index is 11.4. The van der Waals surface area contributed by atoms with E-state index in [0.717, 1.165) is 0 Å². The molecule has 0 aromatic carbocycles. The Balaban J connectivity index is 2.61. The molecule has 0 radical (unpaired) electrons. The summed E-state index contributed by atoms with van der Waals surface area (Å²) < 4.78 is 14.2. The first-order valence-electron chi connectivity index (χ1n) is 4.97. The van der Waals surface area contributed by atoms with E-state index < -0.39 is 18.1 Å². The number of carbonyl (C=O) groups excluding carboxylic acids is 3. The van der Waals surface area contributed by atoms with E-state index in [4.69, 9.17) is 9.47 Å². The molecule has 1 fully saturated rings. The summed E-state index contributed by atoms with van der Waals surface area (Å²) in [5.74, 6) is -0.771. The van der Waals surface area contributed by atoms with E-state index >= 15 is 0 Å². The quantitative estimate of drug-likeness (QED) is 0.377. The molecule has 0 amide bonds. The number of esters is 1. The molecule has 6 nitrogen and oxygen atoms in total. The number of rotatable bonds is 5. The molecule has 0 aromatic heterocycles. The van der Waals surface area contributed by atoms with Gasteiger partial charge in [0.15, 0.2) is 0 Å². The smallest absolute Gasteiger partial charge is 0.308 e. The largest absolute Gasteiger partial charge is 0.469 e. The molecular weight excluding hydrogens is 216 g/mol. The van der Waals surface area contributed by atoms with E-state index in [1.54, 1.807) is 0 Å². The lowest BCUT2D eigenvalue weighted by molar-refractivity contribution is -0.158. The van der Waals surface area contributed by atoms with Crippen LogP contribution in [0.2, 0.25) is 0 Å². The van der Waals surface area contributed by atoms with Crippen LogP contribution in [0.1, 0.15) is 19.3 Å². The van der Waals surface area contributed by atoms with E-state index in [2.05, 4.69) is 4.74 Å². The molecule has 0 saturated heterocycles. The zero-order chi connectivity index (χ0) is 12.0. The third kappa shape index (κ3) is 3.22. The predicted octanol–water partition coefficient (Wildman–Crippen LogP) is 0.0427. The number of carbonyl (C=O) groups is 3. The van der Waals surface area contributed by atoms with Gasteiger partial charge in [-0.3, -0.25) is 14.4 Å².